The number of methoxy groups -OCH3 is 1. The molecule has 3 aromatic carbocycles. The number of benzene rings is 3. The van der Waals surface area contributed by atoms with Gasteiger partial charge in [0.05, 0.1) is 17.7 Å². The maximum absolute atomic E-state index is 14.1. The highest BCUT2D eigenvalue weighted by molar-refractivity contribution is 7.92. The van der Waals surface area contributed by atoms with Gasteiger partial charge in [0.25, 0.3) is 10.0 Å². The van der Waals surface area contributed by atoms with E-state index < -0.39 is 39.9 Å². The number of rotatable bonds is 11. The molecule has 8 nitrogen and oxygen atoms in total. The second kappa shape index (κ2) is 13.2. The number of amides is 2. The van der Waals surface area contributed by atoms with Gasteiger partial charge in [-0.05, 0) is 88.2 Å². The summed E-state index contributed by atoms with van der Waals surface area (Å²) in [5.74, 6) is -0.851. The van der Waals surface area contributed by atoms with Crippen LogP contribution in [0.5, 0.6) is 5.75 Å². The number of sulfonamides is 1. The van der Waals surface area contributed by atoms with E-state index in [4.69, 9.17) is 4.74 Å². The molecule has 0 saturated carbocycles. The second-order valence-corrected chi connectivity index (χ2v) is 12.7. The highest BCUT2D eigenvalue weighted by Crippen LogP contribution is 2.26. The van der Waals surface area contributed by atoms with Gasteiger partial charge in [-0.15, -0.1) is 0 Å². The summed E-state index contributed by atoms with van der Waals surface area (Å²) in [5, 5.41) is 2.94. The van der Waals surface area contributed by atoms with Crippen molar-refractivity contribution >= 4 is 27.5 Å². The van der Waals surface area contributed by atoms with Crippen LogP contribution in [0.25, 0.3) is 0 Å². The third-order valence-corrected chi connectivity index (χ3v) is 8.19. The van der Waals surface area contributed by atoms with Crippen molar-refractivity contribution in [2.75, 3.05) is 18.0 Å². The maximum Gasteiger partial charge on any atom is 0.264 e. The van der Waals surface area contributed by atoms with E-state index in [0.29, 0.717) is 12.2 Å². The van der Waals surface area contributed by atoms with Crippen molar-refractivity contribution in [1.82, 2.24) is 10.2 Å². The van der Waals surface area contributed by atoms with Crippen molar-refractivity contribution in [3.05, 3.63) is 89.7 Å². The van der Waals surface area contributed by atoms with E-state index in [9.17, 15) is 22.4 Å². The lowest BCUT2D eigenvalue weighted by atomic mass is 10.1. The first kappa shape index (κ1) is 31.6. The molecule has 2 amide bonds. The molecule has 0 fully saturated rings. The van der Waals surface area contributed by atoms with Crippen molar-refractivity contribution < 1.29 is 27.1 Å². The molecule has 0 radical (unpaired) electrons. The van der Waals surface area contributed by atoms with Crippen LogP contribution in [0.15, 0.2) is 77.7 Å². The minimum Gasteiger partial charge on any atom is -0.497 e. The Hall–Kier alpha value is -3.92. The highest BCUT2D eigenvalue weighted by Gasteiger charge is 2.34. The molecule has 0 bridgehead atoms. The van der Waals surface area contributed by atoms with E-state index in [1.807, 2.05) is 27.7 Å². The summed E-state index contributed by atoms with van der Waals surface area (Å²) >= 11 is 0. The molecule has 1 N–H and O–H groups in total. The predicted octanol–water partition coefficient (Wildman–Crippen LogP) is 5.06. The smallest absolute Gasteiger partial charge is 0.264 e. The first-order valence-electron chi connectivity index (χ1n) is 13.3. The van der Waals surface area contributed by atoms with Gasteiger partial charge < -0.3 is 15.0 Å². The standard InChI is InChI=1S/C31H38FN3O5S/c1-7-28(30(37)33-31(3,4)5)34(20-23-10-16-26(40-6)17-11-23)29(36)21-35(25-14-8-22(2)9-15-25)41(38,39)27-18-12-24(32)13-19-27/h8-19,28H,7,20-21H2,1-6H3,(H,33,37)/t28-/m0/s1. The fourth-order valence-corrected chi connectivity index (χ4v) is 5.69. The molecule has 0 aliphatic carbocycles. The summed E-state index contributed by atoms with van der Waals surface area (Å²) in [6.07, 6.45) is 0.305. The molecule has 41 heavy (non-hydrogen) atoms. The maximum atomic E-state index is 14.1. The normalized spacial score (nSPS) is 12.4. The quantitative estimate of drug-likeness (QED) is 0.341. The van der Waals surface area contributed by atoms with E-state index in [1.165, 1.54) is 4.90 Å². The number of aryl methyl sites for hydroxylation is 1. The van der Waals surface area contributed by atoms with E-state index in [0.717, 1.165) is 39.7 Å². The van der Waals surface area contributed by atoms with Crippen molar-refractivity contribution in [2.24, 2.45) is 0 Å². The molecular weight excluding hydrogens is 545 g/mol. The average molecular weight is 584 g/mol. The first-order chi connectivity index (χ1) is 19.2. The molecule has 0 spiro atoms. The van der Waals surface area contributed by atoms with Crippen LogP contribution in [-0.2, 0) is 26.2 Å². The van der Waals surface area contributed by atoms with Crippen molar-refractivity contribution in [3.8, 4) is 5.75 Å². The summed E-state index contributed by atoms with van der Waals surface area (Å²) < 4.78 is 47.5. The molecule has 1 atom stereocenters. The molecular formula is C31H38FN3O5S. The summed E-state index contributed by atoms with van der Waals surface area (Å²) in [4.78, 5) is 28.7. The Morgan fingerprint density at radius 3 is 2.05 bits per heavy atom. The zero-order valence-corrected chi connectivity index (χ0v) is 25.2. The topological polar surface area (TPSA) is 96.0 Å². The molecule has 0 aliphatic heterocycles. The van der Waals surface area contributed by atoms with Crippen LogP contribution in [-0.4, -0.2) is 50.4 Å². The van der Waals surface area contributed by atoms with Gasteiger partial charge in [0, 0.05) is 12.1 Å². The van der Waals surface area contributed by atoms with Crippen LogP contribution < -0.4 is 14.4 Å². The van der Waals surface area contributed by atoms with Crippen LogP contribution in [0.3, 0.4) is 0 Å². The molecule has 220 valence electrons. The van der Waals surface area contributed by atoms with Crippen LogP contribution in [0.4, 0.5) is 10.1 Å². The van der Waals surface area contributed by atoms with Crippen LogP contribution >= 0.6 is 0 Å². The number of carbonyl (C=O) groups excluding carboxylic acids is 2. The SMILES string of the molecule is CC[C@@H](C(=O)NC(C)(C)C)N(Cc1ccc(OC)cc1)C(=O)CN(c1ccc(C)cc1)S(=O)(=O)c1ccc(F)cc1. The van der Waals surface area contributed by atoms with E-state index in [-0.39, 0.29) is 23.0 Å². The number of halogens is 1. The van der Waals surface area contributed by atoms with Crippen LogP contribution in [0.1, 0.15) is 45.2 Å². The highest BCUT2D eigenvalue weighted by atomic mass is 32.2. The van der Waals surface area contributed by atoms with Crippen molar-refractivity contribution in [3.63, 3.8) is 0 Å². The summed E-state index contributed by atoms with van der Waals surface area (Å²) in [7, 11) is -2.72. The van der Waals surface area contributed by atoms with Crippen molar-refractivity contribution in [1.29, 1.82) is 0 Å². The van der Waals surface area contributed by atoms with Crippen LogP contribution in [0, 0.1) is 12.7 Å². The number of carbonyl (C=O) groups is 2. The Morgan fingerprint density at radius 2 is 1.54 bits per heavy atom. The van der Waals surface area contributed by atoms with E-state index >= 15 is 0 Å². The fraction of sp³-hybridized carbons (Fsp3) is 0.355. The molecule has 10 heteroatoms. The van der Waals surface area contributed by atoms with Crippen LogP contribution in [0.2, 0.25) is 0 Å². The zero-order chi connectivity index (χ0) is 30.4. The van der Waals surface area contributed by atoms with Gasteiger partial charge in [-0.1, -0.05) is 36.8 Å². The Kier molecular flexibility index (Phi) is 10.1. The van der Waals surface area contributed by atoms with Crippen molar-refractivity contribution in [2.45, 2.75) is 64.1 Å². The minimum absolute atomic E-state index is 0.0667. The lowest BCUT2D eigenvalue weighted by molar-refractivity contribution is -0.141. The van der Waals surface area contributed by atoms with Gasteiger partial charge in [0.2, 0.25) is 11.8 Å². The molecule has 0 aliphatic rings. The minimum atomic E-state index is -4.27. The molecule has 3 rings (SSSR count). The van der Waals surface area contributed by atoms with Gasteiger partial charge in [-0.2, -0.15) is 0 Å². The molecule has 3 aromatic rings. The Morgan fingerprint density at radius 1 is 0.951 bits per heavy atom. The van der Waals surface area contributed by atoms with Gasteiger partial charge in [-0.25, -0.2) is 12.8 Å². The number of hydrogen-bond acceptors (Lipinski definition) is 5. The second-order valence-electron chi connectivity index (χ2n) is 10.8. The average Bonchev–Trinajstić information content (AvgIpc) is 2.91. The van der Waals surface area contributed by atoms with Gasteiger partial charge >= 0.3 is 0 Å². The number of nitrogens with one attached hydrogen (secondary N) is 1. The Labute approximate surface area is 242 Å². The summed E-state index contributed by atoms with van der Waals surface area (Å²) in [6, 6.07) is 17.4. The van der Waals surface area contributed by atoms with Gasteiger partial charge in [0.1, 0.15) is 24.2 Å². The molecule has 0 aromatic heterocycles. The lowest BCUT2D eigenvalue weighted by Gasteiger charge is -2.34. The molecule has 0 unspecified atom stereocenters. The Bertz CT molecular complexity index is 1440. The number of nitrogens with zero attached hydrogens (tertiary/aromatic N) is 2. The number of hydrogen-bond donors (Lipinski definition) is 1. The zero-order valence-electron chi connectivity index (χ0n) is 24.3. The summed E-state index contributed by atoms with van der Waals surface area (Å²) in [6.45, 7) is 8.71. The van der Waals surface area contributed by atoms with E-state index in [1.54, 1.807) is 62.6 Å². The third-order valence-electron chi connectivity index (χ3n) is 6.40. The number of ether oxygens (including phenoxy) is 1. The lowest BCUT2D eigenvalue weighted by Crippen LogP contribution is -2.55. The molecule has 0 saturated heterocycles. The Balaban J connectivity index is 2.06. The van der Waals surface area contributed by atoms with E-state index in [2.05, 4.69) is 5.32 Å². The number of anilines is 1. The predicted molar refractivity (Wildman–Crippen MR) is 158 cm³/mol. The monoisotopic (exact) mass is 583 g/mol. The summed E-state index contributed by atoms with van der Waals surface area (Å²) in [5.41, 5.74) is 1.37. The van der Waals surface area contributed by atoms with Gasteiger partial charge in [-0.3, -0.25) is 13.9 Å². The van der Waals surface area contributed by atoms with Gasteiger partial charge in [0.15, 0.2) is 0 Å². The largest absolute Gasteiger partial charge is 0.497 e. The third kappa shape index (κ3) is 8.29. The molecule has 0 heterocycles. The fourth-order valence-electron chi connectivity index (χ4n) is 4.27. The first-order valence-corrected chi connectivity index (χ1v) is 14.8.